The van der Waals surface area contributed by atoms with Crippen molar-refractivity contribution in [3.05, 3.63) is 29.6 Å². The number of hydrogen-bond acceptors (Lipinski definition) is 5. The van der Waals surface area contributed by atoms with Gasteiger partial charge in [-0.05, 0) is 37.5 Å². The number of hydrogen-bond donors (Lipinski definition) is 2. The number of benzene rings is 1. The zero-order valence-electron chi connectivity index (χ0n) is 15.5. The number of esters is 1. The number of methoxy groups -OCH3 is 1. The van der Waals surface area contributed by atoms with Gasteiger partial charge in [0, 0.05) is 6.04 Å². The van der Waals surface area contributed by atoms with Gasteiger partial charge in [-0.2, -0.15) is 0 Å². The summed E-state index contributed by atoms with van der Waals surface area (Å²) in [5.74, 6) is -1.93. The van der Waals surface area contributed by atoms with Gasteiger partial charge in [0.05, 0.1) is 13.5 Å². The molecule has 148 valence electrons. The Morgan fingerprint density at radius 3 is 2.56 bits per heavy atom. The topological polar surface area (TPSA) is 93.7 Å². The molecule has 1 saturated carbocycles. The molecule has 8 heteroatoms. The Hall–Kier alpha value is -2.64. The average Bonchev–Trinajstić information content (AvgIpc) is 2.62. The van der Waals surface area contributed by atoms with E-state index in [2.05, 4.69) is 10.6 Å². The maximum Gasteiger partial charge on any atom is 0.321 e. The molecule has 0 aromatic heterocycles. The second-order valence-electron chi connectivity index (χ2n) is 6.58. The quantitative estimate of drug-likeness (QED) is 0.740. The number of amides is 3. The fourth-order valence-corrected chi connectivity index (χ4v) is 2.96. The fraction of sp³-hybridized carbons (Fsp3) is 0.526. The Kier molecular flexibility index (Phi) is 7.57. The lowest BCUT2D eigenvalue weighted by Gasteiger charge is -2.23. The number of ether oxygens (including phenoxy) is 2. The van der Waals surface area contributed by atoms with Crippen molar-refractivity contribution in [1.29, 1.82) is 0 Å². The maximum atomic E-state index is 13.6. The van der Waals surface area contributed by atoms with Crippen molar-refractivity contribution >= 4 is 17.9 Å². The molecular weight excluding hydrogens is 355 g/mol. The summed E-state index contributed by atoms with van der Waals surface area (Å²) in [5.41, 5.74) is 0.390. The number of carbonyl (C=O) groups excluding carboxylic acids is 3. The fourth-order valence-electron chi connectivity index (χ4n) is 2.96. The smallest absolute Gasteiger partial charge is 0.321 e. The largest absolute Gasteiger partial charge is 0.494 e. The van der Waals surface area contributed by atoms with E-state index in [4.69, 9.17) is 9.47 Å². The molecule has 3 amide bonds. The van der Waals surface area contributed by atoms with Crippen molar-refractivity contribution in [2.75, 3.05) is 7.11 Å². The van der Waals surface area contributed by atoms with Gasteiger partial charge < -0.3 is 14.8 Å². The Labute approximate surface area is 157 Å². The lowest BCUT2D eigenvalue weighted by molar-refractivity contribution is -0.153. The van der Waals surface area contributed by atoms with Crippen LogP contribution in [0.1, 0.15) is 44.6 Å². The van der Waals surface area contributed by atoms with Gasteiger partial charge in [-0.25, -0.2) is 9.18 Å². The molecule has 0 saturated heterocycles. The Balaban J connectivity index is 1.78. The Morgan fingerprint density at radius 2 is 1.93 bits per heavy atom. The van der Waals surface area contributed by atoms with Gasteiger partial charge in [0.2, 0.25) is 0 Å². The highest BCUT2D eigenvalue weighted by Gasteiger charge is 2.22. The first-order chi connectivity index (χ1) is 12.9. The Morgan fingerprint density at radius 1 is 1.22 bits per heavy atom. The van der Waals surface area contributed by atoms with E-state index in [1.807, 2.05) is 0 Å². The zero-order chi connectivity index (χ0) is 19.8. The lowest BCUT2D eigenvalue weighted by Crippen LogP contribution is -2.48. The molecule has 2 N–H and O–H groups in total. The predicted molar refractivity (Wildman–Crippen MR) is 95.8 cm³/mol. The standard InChI is InChI=1S/C19H25FN2O5/c1-12(18(24)22-19(25)21-14-6-4-3-5-7-14)27-17(23)11-13-8-9-16(26-2)15(20)10-13/h8-10,12,14H,3-7,11H2,1-2H3,(H2,21,22,24,25). The van der Waals surface area contributed by atoms with E-state index in [1.54, 1.807) is 0 Å². The van der Waals surface area contributed by atoms with Crippen LogP contribution in [0, 0.1) is 5.82 Å². The van der Waals surface area contributed by atoms with E-state index in [-0.39, 0.29) is 18.2 Å². The van der Waals surface area contributed by atoms with Gasteiger partial charge in [-0.15, -0.1) is 0 Å². The minimum absolute atomic E-state index is 0.0642. The summed E-state index contributed by atoms with van der Waals surface area (Å²) in [6, 6.07) is 3.58. The van der Waals surface area contributed by atoms with Crippen LogP contribution in [0.15, 0.2) is 18.2 Å². The van der Waals surface area contributed by atoms with Crippen LogP contribution in [0.25, 0.3) is 0 Å². The Bertz CT molecular complexity index is 689. The van der Waals surface area contributed by atoms with Crippen molar-refractivity contribution in [3.8, 4) is 5.75 Å². The van der Waals surface area contributed by atoms with Crippen LogP contribution in [0.5, 0.6) is 5.75 Å². The molecule has 0 radical (unpaired) electrons. The molecule has 1 atom stereocenters. The van der Waals surface area contributed by atoms with Crippen molar-refractivity contribution in [2.45, 2.75) is 57.6 Å². The molecule has 1 aromatic rings. The SMILES string of the molecule is COc1ccc(CC(=O)OC(C)C(=O)NC(=O)NC2CCCCC2)cc1F. The van der Waals surface area contributed by atoms with Crippen LogP contribution in [0.4, 0.5) is 9.18 Å². The second kappa shape index (κ2) is 9.89. The first-order valence-electron chi connectivity index (χ1n) is 9.02. The van der Waals surface area contributed by atoms with Crippen LogP contribution in [0.3, 0.4) is 0 Å². The number of nitrogens with one attached hydrogen (secondary N) is 2. The molecule has 1 fully saturated rings. The third kappa shape index (κ3) is 6.54. The molecular formula is C19H25FN2O5. The summed E-state index contributed by atoms with van der Waals surface area (Å²) in [6.07, 6.45) is 3.71. The summed E-state index contributed by atoms with van der Waals surface area (Å²) in [5, 5.41) is 4.93. The number of rotatable bonds is 6. The lowest BCUT2D eigenvalue weighted by atomic mass is 9.96. The van der Waals surface area contributed by atoms with E-state index in [0.717, 1.165) is 32.1 Å². The first kappa shape index (κ1) is 20.7. The van der Waals surface area contributed by atoms with Gasteiger partial charge in [-0.1, -0.05) is 25.3 Å². The molecule has 7 nitrogen and oxygen atoms in total. The van der Waals surface area contributed by atoms with Crippen LogP contribution >= 0.6 is 0 Å². The van der Waals surface area contributed by atoms with E-state index in [9.17, 15) is 18.8 Å². The third-order valence-corrected chi connectivity index (χ3v) is 4.42. The number of imide groups is 1. The van der Waals surface area contributed by atoms with Crippen molar-refractivity contribution in [1.82, 2.24) is 10.6 Å². The van der Waals surface area contributed by atoms with Crippen molar-refractivity contribution in [2.24, 2.45) is 0 Å². The highest BCUT2D eigenvalue weighted by atomic mass is 19.1. The second-order valence-corrected chi connectivity index (χ2v) is 6.58. The van der Waals surface area contributed by atoms with Crippen LogP contribution in [-0.4, -0.2) is 37.2 Å². The molecule has 0 spiro atoms. The van der Waals surface area contributed by atoms with Gasteiger partial charge >= 0.3 is 12.0 Å². The van der Waals surface area contributed by atoms with Crippen LogP contribution in [-0.2, 0) is 20.7 Å². The number of carbonyl (C=O) groups is 3. The monoisotopic (exact) mass is 380 g/mol. The maximum absolute atomic E-state index is 13.6. The number of halogens is 1. The average molecular weight is 380 g/mol. The van der Waals surface area contributed by atoms with E-state index in [0.29, 0.717) is 5.56 Å². The van der Waals surface area contributed by atoms with E-state index in [1.165, 1.54) is 32.2 Å². The predicted octanol–water partition coefficient (Wildman–Crippen LogP) is 2.47. The van der Waals surface area contributed by atoms with E-state index >= 15 is 0 Å². The highest BCUT2D eigenvalue weighted by molar-refractivity contribution is 5.97. The normalized spacial score (nSPS) is 15.5. The van der Waals surface area contributed by atoms with Crippen molar-refractivity contribution in [3.63, 3.8) is 0 Å². The van der Waals surface area contributed by atoms with Crippen molar-refractivity contribution < 1.29 is 28.2 Å². The molecule has 0 heterocycles. The zero-order valence-corrected chi connectivity index (χ0v) is 15.5. The molecule has 1 aliphatic rings. The molecule has 0 bridgehead atoms. The summed E-state index contributed by atoms with van der Waals surface area (Å²) in [4.78, 5) is 35.8. The molecule has 1 unspecified atom stereocenters. The summed E-state index contributed by atoms with van der Waals surface area (Å²) < 4.78 is 23.5. The first-order valence-corrected chi connectivity index (χ1v) is 9.02. The van der Waals surface area contributed by atoms with Gasteiger partial charge in [0.15, 0.2) is 17.7 Å². The van der Waals surface area contributed by atoms with Gasteiger partial charge in [0.25, 0.3) is 5.91 Å². The third-order valence-electron chi connectivity index (χ3n) is 4.42. The highest BCUT2D eigenvalue weighted by Crippen LogP contribution is 2.18. The molecule has 2 rings (SSSR count). The molecule has 27 heavy (non-hydrogen) atoms. The van der Waals surface area contributed by atoms with E-state index < -0.39 is 29.8 Å². The minimum Gasteiger partial charge on any atom is -0.494 e. The van der Waals surface area contributed by atoms with Gasteiger partial charge in [0.1, 0.15) is 0 Å². The summed E-state index contributed by atoms with van der Waals surface area (Å²) >= 11 is 0. The van der Waals surface area contributed by atoms with Gasteiger partial charge in [-0.3, -0.25) is 14.9 Å². The number of urea groups is 1. The summed E-state index contributed by atoms with van der Waals surface area (Å²) in [6.45, 7) is 1.37. The molecule has 1 aromatic carbocycles. The summed E-state index contributed by atoms with van der Waals surface area (Å²) in [7, 11) is 1.34. The van der Waals surface area contributed by atoms with Crippen LogP contribution in [0.2, 0.25) is 0 Å². The molecule has 0 aliphatic heterocycles. The van der Waals surface area contributed by atoms with Crippen LogP contribution < -0.4 is 15.4 Å². The molecule has 1 aliphatic carbocycles. The minimum atomic E-state index is -1.14.